The maximum atomic E-state index is 15.0. The molecule has 4 heterocycles. The predicted molar refractivity (Wildman–Crippen MR) is 126 cm³/mol. The summed E-state index contributed by atoms with van der Waals surface area (Å²) in [5.41, 5.74) is 4.41. The van der Waals surface area contributed by atoms with Gasteiger partial charge in [0.05, 0.1) is 24.2 Å². The minimum atomic E-state index is -0.646. The van der Waals surface area contributed by atoms with Crippen LogP contribution in [-0.4, -0.2) is 65.2 Å². The number of rotatable bonds is 6. The van der Waals surface area contributed by atoms with Crippen LogP contribution >= 0.6 is 0 Å². The Morgan fingerprint density at radius 3 is 2.71 bits per heavy atom. The van der Waals surface area contributed by atoms with Crippen LogP contribution in [0.2, 0.25) is 0 Å². The Balaban J connectivity index is 1.20. The highest BCUT2D eigenvalue weighted by Gasteiger charge is 2.48. The van der Waals surface area contributed by atoms with E-state index in [4.69, 9.17) is 14.2 Å². The molecule has 8 nitrogen and oxygen atoms in total. The fourth-order valence-corrected chi connectivity index (χ4v) is 5.17. The van der Waals surface area contributed by atoms with Crippen LogP contribution in [0.25, 0.3) is 27.9 Å². The molecule has 0 spiro atoms. The molecule has 2 fully saturated rings. The van der Waals surface area contributed by atoms with Gasteiger partial charge in [-0.15, -0.1) is 0 Å². The van der Waals surface area contributed by atoms with Crippen molar-refractivity contribution in [1.82, 2.24) is 15.3 Å². The van der Waals surface area contributed by atoms with E-state index in [1.165, 1.54) is 11.6 Å². The Bertz CT molecular complexity index is 1270. The van der Waals surface area contributed by atoms with Crippen LogP contribution in [0.1, 0.15) is 24.8 Å². The molecule has 0 radical (unpaired) electrons. The van der Waals surface area contributed by atoms with E-state index in [2.05, 4.69) is 21.4 Å². The van der Waals surface area contributed by atoms with Gasteiger partial charge in [0.1, 0.15) is 24.0 Å². The van der Waals surface area contributed by atoms with Crippen LogP contribution in [0.3, 0.4) is 0 Å². The Morgan fingerprint density at radius 2 is 1.94 bits per heavy atom. The summed E-state index contributed by atoms with van der Waals surface area (Å²) in [5, 5.41) is 12.7. The van der Waals surface area contributed by atoms with Crippen LogP contribution in [-0.2, 0) is 14.3 Å². The second-order valence-corrected chi connectivity index (χ2v) is 9.27. The molecule has 3 aromatic rings. The maximum Gasteiger partial charge on any atom is 0.207 e. The number of ether oxygens (including phenoxy) is 3. The second-order valence-electron chi connectivity index (χ2n) is 9.27. The van der Waals surface area contributed by atoms with Crippen molar-refractivity contribution in [3.05, 3.63) is 53.9 Å². The Hall–Kier alpha value is -3.27. The number of aliphatic hydroxyl groups excluding tert-OH is 1. The number of aliphatic hydroxyl groups is 1. The maximum absolute atomic E-state index is 15.0. The lowest BCUT2D eigenvalue weighted by atomic mass is 9.90. The molecule has 182 valence electrons. The highest BCUT2D eigenvalue weighted by atomic mass is 19.1. The SMILES string of the molecule is O=CNC1CC=C(c2ccc(-c3nc4cc(O[C@@H]5COC6[C@H](O)CO[C@@H]65)[nH]c4cc3F)cc2)CC1. The topological polar surface area (TPSA) is 106 Å². The third-order valence-corrected chi connectivity index (χ3v) is 7.04. The van der Waals surface area contributed by atoms with Gasteiger partial charge >= 0.3 is 0 Å². The molecule has 1 aromatic carbocycles. The molecule has 2 unspecified atom stereocenters. The average molecular weight is 480 g/mol. The van der Waals surface area contributed by atoms with Crippen molar-refractivity contribution >= 4 is 23.0 Å². The van der Waals surface area contributed by atoms with Gasteiger partial charge in [-0.25, -0.2) is 9.37 Å². The van der Waals surface area contributed by atoms with Crippen LogP contribution in [0.5, 0.6) is 5.88 Å². The Labute approximate surface area is 201 Å². The van der Waals surface area contributed by atoms with Gasteiger partial charge in [-0.1, -0.05) is 30.3 Å². The lowest BCUT2D eigenvalue weighted by Gasteiger charge is -2.21. The van der Waals surface area contributed by atoms with Gasteiger partial charge in [-0.05, 0) is 30.4 Å². The number of allylic oxidation sites excluding steroid dienone is 1. The standard InChI is InChI=1S/C26H26FN3O5/c27-18-9-19-20(10-23(29-19)35-22-12-34-25-21(32)11-33-26(22)25)30-24(18)16-3-1-14(2-4-16)15-5-7-17(8-6-15)28-13-31/h1-5,9-10,13,17,21-22,25-26,29,32H,6-8,11-12H2,(H,28,31)/t17?,21-,22-,25?,26-/m1/s1. The van der Waals surface area contributed by atoms with E-state index in [0.29, 0.717) is 29.1 Å². The first-order chi connectivity index (χ1) is 17.1. The molecule has 2 saturated heterocycles. The fourth-order valence-electron chi connectivity index (χ4n) is 5.17. The molecule has 0 saturated carbocycles. The van der Waals surface area contributed by atoms with Gasteiger partial charge in [-0.3, -0.25) is 4.79 Å². The number of nitrogens with zero attached hydrogens (tertiary/aromatic N) is 1. The highest BCUT2D eigenvalue weighted by Crippen LogP contribution is 2.33. The minimum absolute atomic E-state index is 0.190. The van der Waals surface area contributed by atoms with Crippen molar-refractivity contribution in [3.63, 3.8) is 0 Å². The van der Waals surface area contributed by atoms with Crippen LogP contribution in [0.4, 0.5) is 4.39 Å². The summed E-state index contributed by atoms with van der Waals surface area (Å²) in [6.45, 7) is 0.540. The zero-order valence-electron chi connectivity index (χ0n) is 18.9. The first-order valence-corrected chi connectivity index (χ1v) is 11.9. The third-order valence-electron chi connectivity index (χ3n) is 7.04. The highest BCUT2D eigenvalue weighted by molar-refractivity contribution is 5.81. The summed E-state index contributed by atoms with van der Waals surface area (Å²) < 4.78 is 32.2. The number of carbonyl (C=O) groups excluding carboxylic acids is 1. The lowest BCUT2D eigenvalue weighted by Crippen LogP contribution is -2.34. The number of hydrogen-bond donors (Lipinski definition) is 3. The van der Waals surface area contributed by atoms with Gasteiger partial charge in [0, 0.05) is 23.7 Å². The van der Waals surface area contributed by atoms with E-state index in [1.807, 2.05) is 24.3 Å². The third kappa shape index (κ3) is 4.20. The molecule has 9 heteroatoms. The normalized spacial score (nSPS) is 28.1. The molecule has 2 aromatic heterocycles. The zero-order chi connectivity index (χ0) is 23.9. The number of fused-ring (bicyclic) bond motifs is 2. The number of amides is 1. The van der Waals surface area contributed by atoms with Gasteiger partial charge in [0.2, 0.25) is 6.41 Å². The summed E-state index contributed by atoms with van der Waals surface area (Å²) >= 11 is 0. The molecule has 5 atom stereocenters. The number of carbonyl (C=O) groups is 1. The summed E-state index contributed by atoms with van der Waals surface area (Å²) in [6, 6.07) is 11.1. The van der Waals surface area contributed by atoms with E-state index in [9.17, 15) is 14.3 Å². The molecular weight excluding hydrogens is 453 g/mol. The Kier molecular flexibility index (Phi) is 5.75. The largest absolute Gasteiger partial charge is 0.470 e. The number of aromatic nitrogens is 2. The smallest absolute Gasteiger partial charge is 0.207 e. The van der Waals surface area contributed by atoms with Crippen LogP contribution in [0.15, 0.2) is 42.5 Å². The Morgan fingerprint density at radius 1 is 1.14 bits per heavy atom. The molecule has 6 rings (SSSR count). The second kappa shape index (κ2) is 9.07. The van der Waals surface area contributed by atoms with E-state index in [-0.39, 0.29) is 36.7 Å². The zero-order valence-corrected chi connectivity index (χ0v) is 18.9. The van der Waals surface area contributed by atoms with Crippen molar-refractivity contribution in [2.75, 3.05) is 13.2 Å². The number of aromatic amines is 1. The molecule has 3 aliphatic rings. The van der Waals surface area contributed by atoms with Gasteiger partial charge < -0.3 is 29.6 Å². The predicted octanol–water partition coefficient (Wildman–Crippen LogP) is 2.96. The van der Waals surface area contributed by atoms with Crippen molar-refractivity contribution in [1.29, 1.82) is 0 Å². The summed E-state index contributed by atoms with van der Waals surface area (Å²) in [7, 11) is 0. The lowest BCUT2D eigenvalue weighted by molar-refractivity contribution is -0.110. The first kappa shape index (κ1) is 22.2. The van der Waals surface area contributed by atoms with Gasteiger partial charge in [0.25, 0.3) is 0 Å². The van der Waals surface area contributed by atoms with Crippen molar-refractivity contribution in [2.45, 2.75) is 49.7 Å². The van der Waals surface area contributed by atoms with Gasteiger partial charge in [0.15, 0.2) is 17.8 Å². The number of H-pyrrole nitrogens is 1. The number of nitrogens with one attached hydrogen (secondary N) is 2. The molecule has 1 amide bonds. The fraction of sp³-hybridized carbons (Fsp3) is 0.385. The van der Waals surface area contributed by atoms with Crippen LogP contribution < -0.4 is 10.1 Å². The number of pyridine rings is 1. The van der Waals surface area contributed by atoms with Crippen molar-refractivity contribution in [3.8, 4) is 17.1 Å². The molecule has 0 bridgehead atoms. The van der Waals surface area contributed by atoms with E-state index < -0.39 is 11.9 Å². The molecule has 35 heavy (non-hydrogen) atoms. The summed E-state index contributed by atoms with van der Waals surface area (Å²) in [5.74, 6) is 0.0232. The number of benzene rings is 1. The molecule has 2 aliphatic heterocycles. The van der Waals surface area contributed by atoms with Crippen molar-refractivity contribution in [2.24, 2.45) is 0 Å². The van der Waals surface area contributed by atoms with E-state index in [1.54, 1.807) is 6.07 Å². The van der Waals surface area contributed by atoms with E-state index in [0.717, 1.165) is 31.2 Å². The molecule has 1 aliphatic carbocycles. The summed E-state index contributed by atoms with van der Waals surface area (Å²) in [4.78, 5) is 18.3. The monoisotopic (exact) mass is 479 g/mol. The molecular formula is C26H26FN3O5. The van der Waals surface area contributed by atoms with Crippen LogP contribution in [0, 0.1) is 5.82 Å². The number of halogens is 1. The molecule has 3 N–H and O–H groups in total. The average Bonchev–Trinajstić information content (AvgIpc) is 3.56. The minimum Gasteiger partial charge on any atom is -0.470 e. The van der Waals surface area contributed by atoms with Crippen molar-refractivity contribution < 1.29 is 28.5 Å². The van der Waals surface area contributed by atoms with Gasteiger partial charge in [-0.2, -0.15) is 0 Å². The van der Waals surface area contributed by atoms with E-state index >= 15 is 0 Å². The quantitative estimate of drug-likeness (QED) is 0.470. The first-order valence-electron chi connectivity index (χ1n) is 11.9. The number of hydrogen-bond acceptors (Lipinski definition) is 6. The summed E-state index contributed by atoms with van der Waals surface area (Å²) in [6.07, 6.45) is 3.78.